The van der Waals surface area contributed by atoms with Crippen LogP contribution >= 0.6 is 11.3 Å². The summed E-state index contributed by atoms with van der Waals surface area (Å²) >= 11 is 1.33. The van der Waals surface area contributed by atoms with Crippen LogP contribution in [0.4, 0.5) is 0 Å². The van der Waals surface area contributed by atoms with Crippen molar-refractivity contribution in [3.05, 3.63) is 22.4 Å². The highest BCUT2D eigenvalue weighted by molar-refractivity contribution is 7.10. The fraction of sp³-hybridized carbons (Fsp3) is 0.538. The van der Waals surface area contributed by atoms with Gasteiger partial charge in [0.1, 0.15) is 0 Å². The molecule has 0 saturated carbocycles. The first-order chi connectivity index (χ1) is 8.29. The zero-order valence-electron chi connectivity index (χ0n) is 10.9. The van der Waals surface area contributed by atoms with Gasteiger partial charge in [-0.15, -0.1) is 11.3 Å². The Labute approximate surface area is 111 Å². The van der Waals surface area contributed by atoms with Crippen molar-refractivity contribution < 1.29 is 14.7 Å². The molecule has 2 N–H and O–H groups in total. The molecule has 0 aliphatic rings. The maximum atomic E-state index is 11.7. The fourth-order valence-electron chi connectivity index (χ4n) is 1.43. The Kier molecular flexibility index (Phi) is 4.90. The average Bonchev–Trinajstić information content (AvgIpc) is 2.74. The van der Waals surface area contributed by atoms with Crippen molar-refractivity contribution >= 4 is 23.2 Å². The smallest absolute Gasteiger partial charge is 0.331 e. The lowest BCUT2D eigenvalue weighted by Crippen LogP contribution is -2.33. The quantitative estimate of drug-likeness (QED) is 0.863. The molecule has 18 heavy (non-hydrogen) atoms. The number of carboxylic acids is 1. The molecule has 1 aromatic heterocycles. The van der Waals surface area contributed by atoms with Crippen molar-refractivity contribution in [2.45, 2.75) is 39.7 Å². The summed E-state index contributed by atoms with van der Waals surface area (Å²) in [5.74, 6) is -1.24. The number of hydrogen-bond acceptors (Lipinski definition) is 3. The van der Waals surface area contributed by atoms with Crippen LogP contribution in [-0.2, 0) is 9.59 Å². The Morgan fingerprint density at radius 2 is 2.11 bits per heavy atom. The van der Waals surface area contributed by atoms with Crippen LogP contribution in [0.1, 0.15) is 44.5 Å². The summed E-state index contributed by atoms with van der Waals surface area (Å²) in [4.78, 5) is 23.5. The van der Waals surface area contributed by atoms with Crippen LogP contribution in [0.25, 0.3) is 0 Å². The Morgan fingerprint density at radius 3 is 2.56 bits per heavy atom. The third-order valence-electron chi connectivity index (χ3n) is 2.48. The predicted molar refractivity (Wildman–Crippen MR) is 71.5 cm³/mol. The van der Waals surface area contributed by atoms with Crippen LogP contribution in [-0.4, -0.2) is 17.0 Å². The maximum absolute atomic E-state index is 11.7. The summed E-state index contributed by atoms with van der Waals surface area (Å²) in [5, 5.41) is 13.5. The van der Waals surface area contributed by atoms with E-state index < -0.39 is 12.0 Å². The van der Waals surface area contributed by atoms with Crippen LogP contribution in [0, 0.1) is 5.41 Å². The Morgan fingerprint density at radius 1 is 1.44 bits per heavy atom. The van der Waals surface area contributed by atoms with Gasteiger partial charge in [0.05, 0.1) is 0 Å². The first kappa shape index (κ1) is 14.7. The topological polar surface area (TPSA) is 66.4 Å². The van der Waals surface area contributed by atoms with E-state index in [4.69, 9.17) is 5.11 Å². The third-order valence-corrected chi connectivity index (χ3v) is 3.42. The number of amides is 1. The van der Waals surface area contributed by atoms with Gasteiger partial charge < -0.3 is 10.4 Å². The van der Waals surface area contributed by atoms with Gasteiger partial charge in [-0.1, -0.05) is 26.8 Å². The molecule has 0 aromatic carbocycles. The minimum Gasteiger partial charge on any atom is -0.479 e. The molecule has 4 nitrogen and oxygen atoms in total. The number of hydrogen-bond donors (Lipinski definition) is 2. The largest absolute Gasteiger partial charge is 0.479 e. The molecule has 0 saturated heterocycles. The predicted octanol–water partition coefficient (Wildman–Crippen LogP) is 2.82. The van der Waals surface area contributed by atoms with Crippen LogP contribution in [0.15, 0.2) is 17.5 Å². The molecule has 5 heteroatoms. The number of carboxylic acid groups (broad SMARTS) is 1. The number of rotatable bonds is 5. The summed E-state index contributed by atoms with van der Waals surface area (Å²) in [7, 11) is 0. The monoisotopic (exact) mass is 269 g/mol. The SMILES string of the molecule is CC(C)(C)CCC(=O)NC(C(=O)O)c1cccs1. The van der Waals surface area contributed by atoms with E-state index in [0.29, 0.717) is 11.3 Å². The third kappa shape index (κ3) is 4.87. The lowest BCUT2D eigenvalue weighted by Gasteiger charge is -2.18. The number of carbonyl (C=O) groups excluding carboxylic acids is 1. The average molecular weight is 269 g/mol. The summed E-state index contributed by atoms with van der Waals surface area (Å²) < 4.78 is 0. The Hall–Kier alpha value is -1.36. The van der Waals surface area contributed by atoms with E-state index in [0.717, 1.165) is 6.42 Å². The second kappa shape index (κ2) is 6.00. The van der Waals surface area contributed by atoms with E-state index in [-0.39, 0.29) is 11.3 Å². The molecule has 100 valence electrons. The van der Waals surface area contributed by atoms with Gasteiger partial charge >= 0.3 is 5.97 Å². The van der Waals surface area contributed by atoms with Gasteiger partial charge in [0.2, 0.25) is 5.91 Å². The summed E-state index contributed by atoms with van der Waals surface area (Å²) in [6, 6.07) is 2.56. The minimum atomic E-state index is -1.03. The summed E-state index contributed by atoms with van der Waals surface area (Å²) in [5.41, 5.74) is 0.0684. The van der Waals surface area contributed by atoms with Gasteiger partial charge in [0.15, 0.2) is 6.04 Å². The molecule has 0 radical (unpaired) electrons. The normalized spacial score (nSPS) is 13.1. The van der Waals surface area contributed by atoms with Crippen LogP contribution in [0.5, 0.6) is 0 Å². The highest BCUT2D eigenvalue weighted by atomic mass is 32.1. The van der Waals surface area contributed by atoms with Gasteiger partial charge in [0, 0.05) is 11.3 Å². The first-order valence-corrected chi connectivity index (χ1v) is 6.73. The van der Waals surface area contributed by atoms with Gasteiger partial charge in [0.25, 0.3) is 0 Å². The van der Waals surface area contributed by atoms with E-state index in [9.17, 15) is 9.59 Å². The van der Waals surface area contributed by atoms with Gasteiger partial charge in [-0.3, -0.25) is 4.79 Å². The zero-order valence-corrected chi connectivity index (χ0v) is 11.7. The van der Waals surface area contributed by atoms with Crippen molar-refractivity contribution in [3.8, 4) is 0 Å². The van der Waals surface area contributed by atoms with Crippen LogP contribution < -0.4 is 5.32 Å². The van der Waals surface area contributed by atoms with Crippen molar-refractivity contribution in [2.24, 2.45) is 5.41 Å². The molecule has 1 heterocycles. The number of aliphatic carboxylic acids is 1. The van der Waals surface area contributed by atoms with Crippen molar-refractivity contribution in [2.75, 3.05) is 0 Å². The Balaban J connectivity index is 2.58. The Bertz CT molecular complexity index is 406. The lowest BCUT2D eigenvalue weighted by molar-refractivity contribution is -0.142. The molecule has 0 fully saturated rings. The van der Waals surface area contributed by atoms with E-state index in [1.165, 1.54) is 11.3 Å². The van der Waals surface area contributed by atoms with Crippen molar-refractivity contribution in [3.63, 3.8) is 0 Å². The van der Waals surface area contributed by atoms with Gasteiger partial charge in [-0.25, -0.2) is 4.79 Å². The number of nitrogens with one attached hydrogen (secondary N) is 1. The molecule has 0 aliphatic carbocycles. The molecular formula is C13H19NO3S. The van der Waals surface area contributed by atoms with Crippen LogP contribution in [0.3, 0.4) is 0 Å². The molecule has 0 bridgehead atoms. The zero-order chi connectivity index (χ0) is 13.8. The highest BCUT2D eigenvalue weighted by Crippen LogP contribution is 2.22. The second-order valence-corrected chi connectivity index (χ2v) is 6.39. The molecule has 0 spiro atoms. The van der Waals surface area contributed by atoms with E-state index in [2.05, 4.69) is 5.32 Å². The van der Waals surface area contributed by atoms with Crippen LogP contribution in [0.2, 0.25) is 0 Å². The highest BCUT2D eigenvalue weighted by Gasteiger charge is 2.23. The second-order valence-electron chi connectivity index (χ2n) is 5.41. The standard InChI is InChI=1S/C13H19NO3S/c1-13(2,3)7-6-10(15)14-11(12(16)17)9-5-4-8-18-9/h4-5,8,11H,6-7H2,1-3H3,(H,14,15)(H,16,17). The minimum absolute atomic E-state index is 0.0684. The molecule has 0 aliphatic heterocycles. The van der Waals surface area contributed by atoms with Crippen molar-refractivity contribution in [1.82, 2.24) is 5.32 Å². The van der Waals surface area contributed by atoms with E-state index in [1.807, 2.05) is 20.8 Å². The molecule has 1 unspecified atom stereocenters. The van der Waals surface area contributed by atoms with Gasteiger partial charge in [-0.05, 0) is 23.3 Å². The molecule has 1 atom stereocenters. The molecule has 1 amide bonds. The van der Waals surface area contributed by atoms with E-state index in [1.54, 1.807) is 17.5 Å². The number of thiophene rings is 1. The molecule has 1 aromatic rings. The summed E-state index contributed by atoms with van der Waals surface area (Å²) in [6.45, 7) is 6.15. The first-order valence-electron chi connectivity index (χ1n) is 5.85. The van der Waals surface area contributed by atoms with Crippen molar-refractivity contribution in [1.29, 1.82) is 0 Å². The maximum Gasteiger partial charge on any atom is 0.331 e. The van der Waals surface area contributed by atoms with Gasteiger partial charge in [-0.2, -0.15) is 0 Å². The number of carbonyl (C=O) groups is 2. The fourth-order valence-corrected chi connectivity index (χ4v) is 2.20. The molecule has 1 rings (SSSR count). The van der Waals surface area contributed by atoms with E-state index >= 15 is 0 Å². The molecular weight excluding hydrogens is 250 g/mol. The lowest BCUT2D eigenvalue weighted by atomic mass is 9.90. The summed E-state index contributed by atoms with van der Waals surface area (Å²) in [6.07, 6.45) is 1.08.